The molecule has 29 heavy (non-hydrogen) atoms. The SMILES string of the molecule is Cc1cc2c(N3CCN(C(c4ccccc4)c4ccccc4)CC3)nccn2n1. The van der Waals surface area contributed by atoms with E-state index < -0.39 is 0 Å². The van der Waals surface area contributed by atoms with E-state index in [1.807, 2.05) is 23.8 Å². The molecular formula is C24H25N5. The zero-order valence-electron chi connectivity index (χ0n) is 16.6. The van der Waals surface area contributed by atoms with Crippen LogP contribution in [0.25, 0.3) is 5.52 Å². The van der Waals surface area contributed by atoms with E-state index in [0.29, 0.717) is 0 Å². The van der Waals surface area contributed by atoms with Gasteiger partial charge < -0.3 is 4.90 Å². The van der Waals surface area contributed by atoms with Gasteiger partial charge in [0.1, 0.15) is 5.52 Å². The zero-order chi connectivity index (χ0) is 19.6. The number of aromatic nitrogens is 3. The lowest BCUT2D eigenvalue weighted by Gasteiger charge is -2.40. The van der Waals surface area contributed by atoms with Crippen LogP contribution in [0.5, 0.6) is 0 Å². The van der Waals surface area contributed by atoms with Crippen molar-refractivity contribution in [2.75, 3.05) is 31.1 Å². The highest BCUT2D eigenvalue weighted by Gasteiger charge is 2.27. The molecule has 1 saturated heterocycles. The van der Waals surface area contributed by atoms with E-state index in [0.717, 1.165) is 43.2 Å². The van der Waals surface area contributed by atoms with E-state index in [2.05, 4.69) is 86.6 Å². The summed E-state index contributed by atoms with van der Waals surface area (Å²) in [5.74, 6) is 1.03. The molecule has 0 N–H and O–H groups in total. The van der Waals surface area contributed by atoms with Gasteiger partial charge in [0.25, 0.3) is 0 Å². The molecule has 146 valence electrons. The van der Waals surface area contributed by atoms with Gasteiger partial charge in [0.15, 0.2) is 5.82 Å². The van der Waals surface area contributed by atoms with Crippen LogP contribution in [0.2, 0.25) is 0 Å². The number of hydrogen-bond acceptors (Lipinski definition) is 4. The van der Waals surface area contributed by atoms with E-state index in [-0.39, 0.29) is 6.04 Å². The van der Waals surface area contributed by atoms with E-state index in [9.17, 15) is 0 Å². The van der Waals surface area contributed by atoms with Crippen LogP contribution < -0.4 is 4.90 Å². The number of anilines is 1. The standard InChI is InChI=1S/C24H25N5/c1-19-18-22-24(25-12-13-29(22)26-19)28-16-14-27(15-17-28)23(20-8-4-2-5-9-20)21-10-6-3-7-11-21/h2-13,18,23H,14-17H2,1H3. The highest BCUT2D eigenvalue weighted by atomic mass is 15.3. The minimum absolute atomic E-state index is 0.278. The van der Waals surface area contributed by atoms with Crippen molar-refractivity contribution in [3.63, 3.8) is 0 Å². The Morgan fingerprint density at radius 3 is 2.07 bits per heavy atom. The largest absolute Gasteiger partial charge is 0.352 e. The first-order valence-electron chi connectivity index (χ1n) is 10.2. The summed E-state index contributed by atoms with van der Waals surface area (Å²) in [6, 6.07) is 24.1. The van der Waals surface area contributed by atoms with E-state index in [1.165, 1.54) is 11.1 Å². The van der Waals surface area contributed by atoms with E-state index in [1.54, 1.807) is 0 Å². The van der Waals surface area contributed by atoms with Crippen molar-refractivity contribution in [2.24, 2.45) is 0 Å². The number of nitrogens with zero attached hydrogens (tertiary/aromatic N) is 5. The molecule has 0 aliphatic carbocycles. The molecule has 0 bridgehead atoms. The van der Waals surface area contributed by atoms with Crippen molar-refractivity contribution < 1.29 is 0 Å². The van der Waals surface area contributed by atoms with Gasteiger partial charge in [-0.25, -0.2) is 9.50 Å². The number of aryl methyl sites for hydroxylation is 1. The summed E-state index contributed by atoms with van der Waals surface area (Å²) < 4.78 is 1.93. The van der Waals surface area contributed by atoms with Gasteiger partial charge in [0, 0.05) is 38.6 Å². The van der Waals surface area contributed by atoms with Crippen molar-refractivity contribution in [3.8, 4) is 0 Å². The van der Waals surface area contributed by atoms with Crippen molar-refractivity contribution in [1.82, 2.24) is 19.5 Å². The van der Waals surface area contributed by atoms with Gasteiger partial charge in [-0.3, -0.25) is 4.90 Å². The molecule has 0 radical (unpaired) electrons. The molecule has 1 aliphatic rings. The molecule has 4 aromatic rings. The first kappa shape index (κ1) is 17.9. The smallest absolute Gasteiger partial charge is 0.154 e. The minimum atomic E-state index is 0.278. The predicted octanol–water partition coefficient (Wildman–Crippen LogP) is 3.95. The molecule has 5 rings (SSSR count). The molecule has 0 amide bonds. The number of rotatable bonds is 4. The molecule has 3 heterocycles. The van der Waals surface area contributed by atoms with Crippen molar-refractivity contribution in [1.29, 1.82) is 0 Å². The van der Waals surface area contributed by atoms with Crippen molar-refractivity contribution in [2.45, 2.75) is 13.0 Å². The van der Waals surface area contributed by atoms with Crippen molar-refractivity contribution in [3.05, 3.63) is 95.9 Å². The summed E-state index contributed by atoms with van der Waals surface area (Å²) in [7, 11) is 0. The molecule has 5 nitrogen and oxygen atoms in total. The molecule has 0 saturated carbocycles. The fourth-order valence-electron chi connectivity index (χ4n) is 4.35. The summed E-state index contributed by atoms with van der Waals surface area (Å²) in [6.45, 7) is 5.91. The Morgan fingerprint density at radius 1 is 0.828 bits per heavy atom. The van der Waals surface area contributed by atoms with Crippen molar-refractivity contribution >= 4 is 11.3 Å². The summed E-state index contributed by atoms with van der Waals surface area (Å²) in [4.78, 5) is 9.65. The maximum atomic E-state index is 4.68. The van der Waals surface area contributed by atoms with Crippen LogP contribution in [0.3, 0.4) is 0 Å². The lowest BCUT2D eigenvalue weighted by Crippen LogP contribution is -2.48. The van der Waals surface area contributed by atoms with Crippen LogP contribution in [0.1, 0.15) is 22.9 Å². The average Bonchev–Trinajstić information content (AvgIpc) is 3.16. The zero-order valence-corrected chi connectivity index (χ0v) is 16.6. The summed E-state index contributed by atoms with van der Waals surface area (Å²) in [5.41, 5.74) is 4.80. The highest BCUT2D eigenvalue weighted by Crippen LogP contribution is 2.30. The van der Waals surface area contributed by atoms with Crippen LogP contribution >= 0.6 is 0 Å². The molecule has 0 atom stereocenters. The van der Waals surface area contributed by atoms with E-state index >= 15 is 0 Å². The van der Waals surface area contributed by atoms with Gasteiger partial charge in [0.2, 0.25) is 0 Å². The summed E-state index contributed by atoms with van der Waals surface area (Å²) in [6.07, 6.45) is 3.76. The third-order valence-electron chi connectivity index (χ3n) is 5.70. The van der Waals surface area contributed by atoms with Crippen LogP contribution in [-0.2, 0) is 0 Å². The molecule has 0 unspecified atom stereocenters. The molecule has 2 aromatic heterocycles. The number of fused-ring (bicyclic) bond motifs is 1. The van der Waals surface area contributed by atoms with Gasteiger partial charge in [-0.1, -0.05) is 60.7 Å². The Hall–Kier alpha value is -3.18. The van der Waals surface area contributed by atoms with Gasteiger partial charge >= 0.3 is 0 Å². The topological polar surface area (TPSA) is 36.7 Å². The van der Waals surface area contributed by atoms with Gasteiger partial charge in [-0.15, -0.1) is 0 Å². The third kappa shape index (κ3) is 3.49. The third-order valence-corrected chi connectivity index (χ3v) is 5.70. The number of benzene rings is 2. The molecular weight excluding hydrogens is 358 g/mol. The fourth-order valence-corrected chi connectivity index (χ4v) is 4.35. The Kier molecular flexibility index (Phi) is 4.74. The van der Waals surface area contributed by atoms with Crippen LogP contribution in [0, 0.1) is 6.92 Å². The average molecular weight is 383 g/mol. The fraction of sp³-hybridized carbons (Fsp3) is 0.250. The Balaban J connectivity index is 1.40. The molecule has 0 spiro atoms. The van der Waals surface area contributed by atoms with E-state index in [4.69, 9.17) is 0 Å². The summed E-state index contributed by atoms with van der Waals surface area (Å²) in [5, 5.41) is 4.53. The molecule has 2 aromatic carbocycles. The normalized spacial score (nSPS) is 15.3. The quantitative estimate of drug-likeness (QED) is 0.535. The number of hydrogen-bond donors (Lipinski definition) is 0. The first-order valence-corrected chi connectivity index (χ1v) is 10.2. The second-order valence-corrected chi connectivity index (χ2v) is 7.61. The lowest BCUT2D eigenvalue weighted by atomic mass is 9.96. The highest BCUT2D eigenvalue weighted by molar-refractivity contribution is 5.69. The van der Waals surface area contributed by atoms with Gasteiger partial charge in [0.05, 0.1) is 11.7 Å². The second kappa shape index (κ2) is 7.68. The van der Waals surface area contributed by atoms with Gasteiger partial charge in [-0.05, 0) is 24.1 Å². The van der Waals surface area contributed by atoms with Crippen LogP contribution in [-0.4, -0.2) is 45.7 Å². The number of piperazine rings is 1. The van der Waals surface area contributed by atoms with Crippen LogP contribution in [0.4, 0.5) is 5.82 Å². The minimum Gasteiger partial charge on any atom is -0.352 e. The Morgan fingerprint density at radius 2 is 1.45 bits per heavy atom. The Labute approximate surface area is 171 Å². The van der Waals surface area contributed by atoms with Crippen LogP contribution in [0.15, 0.2) is 79.1 Å². The maximum Gasteiger partial charge on any atom is 0.154 e. The lowest BCUT2D eigenvalue weighted by molar-refractivity contribution is 0.212. The maximum absolute atomic E-state index is 4.68. The second-order valence-electron chi connectivity index (χ2n) is 7.61. The first-order chi connectivity index (χ1) is 14.3. The molecule has 5 heteroatoms. The Bertz CT molecular complexity index is 1040. The molecule has 1 fully saturated rings. The predicted molar refractivity (Wildman–Crippen MR) is 116 cm³/mol. The molecule has 1 aliphatic heterocycles. The monoisotopic (exact) mass is 383 g/mol. The summed E-state index contributed by atoms with van der Waals surface area (Å²) >= 11 is 0. The van der Waals surface area contributed by atoms with Gasteiger partial charge in [-0.2, -0.15) is 5.10 Å².